The van der Waals surface area contributed by atoms with Crippen LogP contribution in [0.3, 0.4) is 0 Å². The first kappa shape index (κ1) is 19.6. The van der Waals surface area contributed by atoms with Crippen LogP contribution in [0.1, 0.15) is 47.5 Å². The topological polar surface area (TPSA) is 84.1 Å². The number of hydrogen-bond acceptors (Lipinski definition) is 5. The van der Waals surface area contributed by atoms with E-state index in [4.69, 9.17) is 4.74 Å². The fourth-order valence-corrected chi connectivity index (χ4v) is 5.05. The first-order chi connectivity index (χ1) is 14.1. The molecule has 152 valence electrons. The molecule has 1 amide bonds. The number of rotatable bonds is 6. The number of benzene rings is 1. The highest BCUT2D eigenvalue weighted by molar-refractivity contribution is 7.18. The molecule has 2 heterocycles. The Hall–Kier alpha value is -2.67. The lowest BCUT2D eigenvalue weighted by Gasteiger charge is -2.06. The molecule has 0 fully saturated rings. The summed E-state index contributed by atoms with van der Waals surface area (Å²) in [6.07, 6.45) is 6.25. The third-order valence-corrected chi connectivity index (χ3v) is 6.55. The lowest BCUT2D eigenvalue weighted by atomic mass is 10.1. The largest absolute Gasteiger partial charge is 0.497 e. The van der Waals surface area contributed by atoms with Crippen molar-refractivity contribution in [2.24, 2.45) is 0 Å². The van der Waals surface area contributed by atoms with Crippen LogP contribution in [0.15, 0.2) is 29.1 Å². The number of nitrogens with one attached hydrogen (secondary N) is 2. The van der Waals surface area contributed by atoms with Crippen molar-refractivity contribution in [2.45, 2.75) is 51.5 Å². The minimum Gasteiger partial charge on any atom is -0.497 e. The number of H-pyrrole nitrogens is 1. The molecule has 0 bridgehead atoms. The standard InChI is InChI=1S/C22H25N3O3S/c1-28-15-9-7-14(8-10-15)13-23-19(26)12-11-18-24-21(27)20-16-5-3-2-4-6-17(16)29-22(20)25-18/h7-10H,2-6,11-13H2,1H3,(H,23,26)(H,24,25,27). The molecule has 0 saturated heterocycles. The van der Waals surface area contributed by atoms with E-state index in [1.807, 2.05) is 24.3 Å². The number of methoxy groups -OCH3 is 1. The minimum atomic E-state index is -0.0666. The second kappa shape index (κ2) is 8.78. The summed E-state index contributed by atoms with van der Waals surface area (Å²) in [4.78, 5) is 34.5. The molecule has 29 heavy (non-hydrogen) atoms. The summed E-state index contributed by atoms with van der Waals surface area (Å²) < 4.78 is 5.13. The molecule has 0 atom stereocenters. The van der Waals surface area contributed by atoms with Gasteiger partial charge in [-0.2, -0.15) is 0 Å². The molecule has 4 rings (SSSR count). The second-order valence-corrected chi connectivity index (χ2v) is 8.47. The highest BCUT2D eigenvalue weighted by Gasteiger charge is 2.19. The summed E-state index contributed by atoms with van der Waals surface area (Å²) in [5.41, 5.74) is 2.13. The normalized spacial score (nSPS) is 13.7. The van der Waals surface area contributed by atoms with Gasteiger partial charge in [0.05, 0.1) is 12.5 Å². The Bertz CT molecular complexity index is 1070. The van der Waals surface area contributed by atoms with Gasteiger partial charge in [0.25, 0.3) is 5.56 Å². The van der Waals surface area contributed by atoms with Gasteiger partial charge in [0, 0.05) is 24.3 Å². The van der Waals surface area contributed by atoms with Crippen LogP contribution in [0.25, 0.3) is 10.2 Å². The fraction of sp³-hybridized carbons (Fsp3) is 0.409. The molecule has 2 N–H and O–H groups in total. The number of fused-ring (bicyclic) bond motifs is 3. The van der Waals surface area contributed by atoms with Crippen LogP contribution in [-0.2, 0) is 30.6 Å². The van der Waals surface area contributed by atoms with Gasteiger partial charge in [-0.25, -0.2) is 4.98 Å². The molecule has 3 aromatic rings. The van der Waals surface area contributed by atoms with Crippen LogP contribution in [-0.4, -0.2) is 23.0 Å². The zero-order valence-corrected chi connectivity index (χ0v) is 17.4. The van der Waals surface area contributed by atoms with E-state index in [0.717, 1.165) is 40.8 Å². The van der Waals surface area contributed by atoms with Crippen molar-refractivity contribution < 1.29 is 9.53 Å². The Morgan fingerprint density at radius 2 is 2.00 bits per heavy atom. The number of thiophene rings is 1. The monoisotopic (exact) mass is 411 g/mol. The van der Waals surface area contributed by atoms with Crippen LogP contribution >= 0.6 is 11.3 Å². The van der Waals surface area contributed by atoms with E-state index in [0.29, 0.717) is 18.8 Å². The summed E-state index contributed by atoms with van der Waals surface area (Å²) >= 11 is 1.64. The molecule has 6 nitrogen and oxygen atoms in total. The molecule has 0 unspecified atom stereocenters. The lowest BCUT2D eigenvalue weighted by molar-refractivity contribution is -0.121. The Labute approximate surface area is 173 Å². The maximum atomic E-state index is 12.7. The molecule has 1 aliphatic rings. The summed E-state index contributed by atoms with van der Waals surface area (Å²) in [6.45, 7) is 0.462. The quantitative estimate of drug-likeness (QED) is 0.608. The van der Waals surface area contributed by atoms with Crippen molar-refractivity contribution in [2.75, 3.05) is 7.11 Å². The third-order valence-electron chi connectivity index (χ3n) is 5.36. The maximum absolute atomic E-state index is 12.7. The number of nitrogens with zero attached hydrogens (tertiary/aromatic N) is 1. The molecule has 0 saturated carbocycles. The number of hydrogen-bond donors (Lipinski definition) is 2. The predicted molar refractivity (Wildman–Crippen MR) is 115 cm³/mol. The third kappa shape index (κ3) is 4.50. The van der Waals surface area contributed by atoms with Crippen molar-refractivity contribution in [3.8, 4) is 5.75 Å². The van der Waals surface area contributed by atoms with Gasteiger partial charge >= 0.3 is 0 Å². The zero-order chi connectivity index (χ0) is 20.2. The van der Waals surface area contributed by atoms with Crippen LogP contribution in [0, 0.1) is 0 Å². The van der Waals surface area contributed by atoms with Crippen molar-refractivity contribution in [3.05, 3.63) is 56.4 Å². The van der Waals surface area contributed by atoms with Crippen LogP contribution < -0.4 is 15.6 Å². The molecule has 0 aliphatic heterocycles. The fourth-order valence-electron chi connectivity index (χ4n) is 3.77. The number of carbonyl (C=O) groups is 1. The molecule has 7 heteroatoms. The maximum Gasteiger partial charge on any atom is 0.259 e. The molecule has 0 radical (unpaired) electrons. The Morgan fingerprint density at radius 3 is 2.79 bits per heavy atom. The van der Waals surface area contributed by atoms with E-state index in [1.54, 1.807) is 18.4 Å². The highest BCUT2D eigenvalue weighted by Crippen LogP contribution is 2.32. The number of aromatic nitrogens is 2. The first-order valence-electron chi connectivity index (χ1n) is 10.1. The average molecular weight is 412 g/mol. The van der Waals surface area contributed by atoms with Crippen molar-refractivity contribution >= 4 is 27.5 Å². The Morgan fingerprint density at radius 1 is 1.21 bits per heavy atom. The summed E-state index contributed by atoms with van der Waals surface area (Å²) in [5.74, 6) is 1.31. The van der Waals surface area contributed by atoms with E-state index < -0.39 is 0 Å². The number of carbonyl (C=O) groups excluding carboxylic acids is 1. The van der Waals surface area contributed by atoms with E-state index in [9.17, 15) is 9.59 Å². The van der Waals surface area contributed by atoms with E-state index >= 15 is 0 Å². The van der Waals surface area contributed by atoms with Crippen LogP contribution in [0.2, 0.25) is 0 Å². The van der Waals surface area contributed by atoms with E-state index in [2.05, 4.69) is 15.3 Å². The predicted octanol–water partition coefficient (Wildman–Crippen LogP) is 3.51. The van der Waals surface area contributed by atoms with Gasteiger partial charge in [-0.1, -0.05) is 18.6 Å². The first-order valence-corrected chi connectivity index (χ1v) is 10.9. The Balaban J connectivity index is 1.39. The molecule has 1 aliphatic carbocycles. The molecule has 1 aromatic carbocycles. The number of amides is 1. The van der Waals surface area contributed by atoms with Gasteiger partial charge in [-0.15, -0.1) is 11.3 Å². The lowest BCUT2D eigenvalue weighted by Crippen LogP contribution is -2.23. The van der Waals surface area contributed by atoms with Gasteiger partial charge in [-0.3, -0.25) is 9.59 Å². The molecule has 0 spiro atoms. The second-order valence-electron chi connectivity index (χ2n) is 7.38. The van der Waals surface area contributed by atoms with Crippen LogP contribution in [0.4, 0.5) is 0 Å². The van der Waals surface area contributed by atoms with E-state index in [1.165, 1.54) is 23.3 Å². The summed E-state index contributed by atoms with van der Waals surface area (Å²) in [7, 11) is 1.62. The summed E-state index contributed by atoms with van der Waals surface area (Å²) in [5, 5.41) is 3.67. The van der Waals surface area contributed by atoms with Crippen molar-refractivity contribution in [3.63, 3.8) is 0 Å². The molecular weight excluding hydrogens is 386 g/mol. The van der Waals surface area contributed by atoms with Gasteiger partial charge < -0.3 is 15.0 Å². The summed E-state index contributed by atoms with van der Waals surface area (Å²) in [6, 6.07) is 7.59. The number of ether oxygens (including phenoxy) is 1. The number of aryl methyl sites for hydroxylation is 3. The zero-order valence-electron chi connectivity index (χ0n) is 16.5. The van der Waals surface area contributed by atoms with Gasteiger partial charge in [-0.05, 0) is 48.9 Å². The van der Waals surface area contributed by atoms with Crippen molar-refractivity contribution in [1.82, 2.24) is 15.3 Å². The highest BCUT2D eigenvalue weighted by atomic mass is 32.1. The van der Waals surface area contributed by atoms with Crippen LogP contribution in [0.5, 0.6) is 5.75 Å². The molecular formula is C22H25N3O3S. The SMILES string of the molecule is COc1ccc(CNC(=O)CCc2nc3sc4c(c3c(=O)[nH]2)CCCCC4)cc1. The van der Waals surface area contributed by atoms with Gasteiger partial charge in [0.15, 0.2) is 0 Å². The van der Waals surface area contributed by atoms with Gasteiger partial charge in [0.1, 0.15) is 16.4 Å². The average Bonchev–Trinajstić information content (AvgIpc) is 2.93. The smallest absolute Gasteiger partial charge is 0.259 e. The number of aromatic amines is 1. The Kier molecular flexibility index (Phi) is 5.94. The minimum absolute atomic E-state index is 0.0643. The van der Waals surface area contributed by atoms with E-state index in [-0.39, 0.29) is 17.9 Å². The van der Waals surface area contributed by atoms with Crippen molar-refractivity contribution in [1.29, 1.82) is 0 Å². The molecule has 2 aromatic heterocycles. The van der Waals surface area contributed by atoms with Gasteiger partial charge in [0.2, 0.25) is 5.91 Å².